The van der Waals surface area contributed by atoms with Gasteiger partial charge in [-0.2, -0.15) is 0 Å². The zero-order valence-electron chi connectivity index (χ0n) is 15.2. The van der Waals surface area contributed by atoms with Crippen molar-refractivity contribution in [3.05, 3.63) is 41.7 Å². The molecular weight excluding hydrogens is 351 g/mol. The highest BCUT2D eigenvalue weighted by atomic mass is 19.1. The number of fused-ring (bicyclic) bond motifs is 1. The minimum Gasteiger partial charge on any atom is -0.442 e. The zero-order valence-corrected chi connectivity index (χ0v) is 15.2. The lowest BCUT2D eigenvalue weighted by Gasteiger charge is -2.14. The summed E-state index contributed by atoms with van der Waals surface area (Å²) in [5.74, 6) is 0.447. The van der Waals surface area contributed by atoms with Gasteiger partial charge in [0.1, 0.15) is 23.7 Å². The number of carbonyl (C=O) groups excluding carboxylic acids is 1. The van der Waals surface area contributed by atoms with Crippen LogP contribution in [0.1, 0.15) is 54.7 Å². The van der Waals surface area contributed by atoms with Crippen molar-refractivity contribution >= 4 is 22.8 Å². The molecule has 27 heavy (non-hydrogen) atoms. The van der Waals surface area contributed by atoms with Crippen molar-refractivity contribution in [3.8, 4) is 0 Å². The summed E-state index contributed by atoms with van der Waals surface area (Å²) in [6.07, 6.45) is 5.62. The maximum Gasteiger partial charge on any atom is 0.256 e. The number of hydrogen-bond acceptors (Lipinski definition) is 7. The molecule has 1 aliphatic rings. The molecule has 140 valence electrons. The topological polar surface area (TPSA) is 106 Å². The summed E-state index contributed by atoms with van der Waals surface area (Å²) in [4.78, 5) is 29.2. The maximum atomic E-state index is 13.0. The van der Waals surface area contributed by atoms with Gasteiger partial charge in [-0.3, -0.25) is 4.79 Å². The fraction of sp³-hybridized carbons (Fsp3) is 0.389. The molecule has 9 heteroatoms. The molecule has 0 saturated heterocycles. The Morgan fingerprint density at radius 1 is 1.26 bits per heavy atom. The van der Waals surface area contributed by atoms with Crippen LogP contribution in [-0.4, -0.2) is 31.4 Å². The first-order valence-electron chi connectivity index (χ1n) is 8.67. The lowest BCUT2D eigenvalue weighted by atomic mass is 10.1. The number of aryl methyl sites for hydroxylation is 1. The van der Waals surface area contributed by atoms with Crippen LogP contribution >= 0.6 is 0 Å². The molecule has 1 saturated carbocycles. The van der Waals surface area contributed by atoms with E-state index in [0.29, 0.717) is 34.1 Å². The van der Waals surface area contributed by atoms with Gasteiger partial charge >= 0.3 is 0 Å². The first-order chi connectivity index (χ1) is 12.9. The van der Waals surface area contributed by atoms with Crippen LogP contribution in [0.25, 0.3) is 11.1 Å². The van der Waals surface area contributed by atoms with E-state index in [1.807, 2.05) is 0 Å². The van der Waals surface area contributed by atoms with Gasteiger partial charge in [0.05, 0.1) is 29.4 Å². The molecule has 2 N–H and O–H groups in total. The number of rotatable bonds is 5. The van der Waals surface area contributed by atoms with E-state index in [4.69, 9.17) is 4.42 Å². The molecule has 0 unspecified atom stereocenters. The number of carbonyl (C=O) groups is 1. The second-order valence-corrected chi connectivity index (χ2v) is 7.08. The van der Waals surface area contributed by atoms with E-state index in [2.05, 4.69) is 37.5 Å². The molecule has 1 fully saturated rings. The number of anilines is 1. The Balaban J connectivity index is 1.66. The predicted molar refractivity (Wildman–Crippen MR) is 95.7 cm³/mol. The number of nitrogens with zero attached hydrogens (tertiary/aromatic N) is 4. The quantitative estimate of drug-likeness (QED) is 0.711. The molecule has 8 nitrogen and oxygen atoms in total. The van der Waals surface area contributed by atoms with E-state index in [1.54, 1.807) is 13.8 Å². The Kier molecular flexibility index (Phi) is 4.01. The van der Waals surface area contributed by atoms with E-state index < -0.39 is 11.9 Å². The second kappa shape index (κ2) is 6.26. The third-order valence-corrected chi connectivity index (χ3v) is 4.69. The van der Waals surface area contributed by atoms with Crippen LogP contribution in [0.15, 0.2) is 23.1 Å². The van der Waals surface area contributed by atoms with Crippen LogP contribution in [-0.2, 0) is 0 Å². The second-order valence-electron chi connectivity index (χ2n) is 7.08. The Morgan fingerprint density at radius 3 is 2.63 bits per heavy atom. The summed E-state index contributed by atoms with van der Waals surface area (Å²) in [5.41, 5.74) is 0.700. The number of halogens is 1. The van der Waals surface area contributed by atoms with Crippen LogP contribution in [0, 0.1) is 12.7 Å². The average molecular weight is 370 g/mol. The first kappa shape index (κ1) is 17.3. The molecule has 0 aliphatic heterocycles. The molecular formula is C18H19FN6O2. The molecule has 1 amide bonds. The van der Waals surface area contributed by atoms with Crippen LogP contribution in [0.3, 0.4) is 0 Å². The summed E-state index contributed by atoms with van der Waals surface area (Å²) >= 11 is 0. The fourth-order valence-electron chi connectivity index (χ4n) is 2.89. The summed E-state index contributed by atoms with van der Waals surface area (Å²) < 4.78 is 18.7. The zero-order chi connectivity index (χ0) is 19.2. The summed E-state index contributed by atoms with van der Waals surface area (Å²) in [5, 5.41) is 6.75. The van der Waals surface area contributed by atoms with Gasteiger partial charge in [-0.05, 0) is 33.6 Å². The van der Waals surface area contributed by atoms with Gasteiger partial charge < -0.3 is 15.1 Å². The maximum absolute atomic E-state index is 13.0. The molecule has 3 aromatic rings. The smallest absolute Gasteiger partial charge is 0.256 e. The number of furan rings is 1. The van der Waals surface area contributed by atoms with E-state index in [0.717, 1.165) is 25.2 Å². The van der Waals surface area contributed by atoms with Crippen molar-refractivity contribution in [2.75, 3.05) is 5.32 Å². The molecule has 0 spiro atoms. The van der Waals surface area contributed by atoms with Crippen LogP contribution in [0.4, 0.5) is 10.2 Å². The normalized spacial score (nSPS) is 16.1. The minimum absolute atomic E-state index is 0.0184. The highest BCUT2D eigenvalue weighted by molar-refractivity contribution is 6.10. The third-order valence-electron chi connectivity index (χ3n) is 4.69. The van der Waals surface area contributed by atoms with E-state index in [9.17, 15) is 9.18 Å². The van der Waals surface area contributed by atoms with Crippen molar-refractivity contribution in [1.29, 1.82) is 0 Å². The van der Waals surface area contributed by atoms with E-state index in [-0.39, 0.29) is 11.4 Å². The standard InChI is InChI=1S/C18H19FN6O2/c1-9(14-20-6-11(19)7-21-14)24-16(26)12-10(2)27-17-13(12)15(22-8-23-17)25-18(3)4-5-18/h6-9H,4-5H2,1-3H3,(H,24,26)(H,22,23,25)/t9-/m1/s1. The third kappa shape index (κ3) is 3.32. The Labute approximate surface area is 154 Å². The van der Waals surface area contributed by atoms with Crippen molar-refractivity contribution in [2.24, 2.45) is 0 Å². The molecule has 0 aromatic carbocycles. The van der Waals surface area contributed by atoms with E-state index >= 15 is 0 Å². The summed E-state index contributed by atoms with van der Waals surface area (Å²) in [6.45, 7) is 5.53. The monoisotopic (exact) mass is 370 g/mol. The molecule has 3 aromatic heterocycles. The van der Waals surface area contributed by atoms with Gasteiger partial charge in [0, 0.05) is 5.54 Å². The molecule has 0 bridgehead atoms. The SMILES string of the molecule is Cc1oc2ncnc(NC3(C)CC3)c2c1C(=O)N[C@H](C)c1ncc(F)cn1. The number of amides is 1. The highest BCUT2D eigenvalue weighted by Gasteiger charge is 2.38. The largest absolute Gasteiger partial charge is 0.442 e. The summed E-state index contributed by atoms with van der Waals surface area (Å²) in [6, 6.07) is -0.510. The fourth-order valence-corrected chi connectivity index (χ4v) is 2.89. The average Bonchev–Trinajstić information content (AvgIpc) is 3.23. The summed E-state index contributed by atoms with van der Waals surface area (Å²) in [7, 11) is 0. The number of hydrogen-bond donors (Lipinski definition) is 2. The number of aromatic nitrogens is 4. The van der Waals surface area contributed by atoms with Crippen LogP contribution in [0.2, 0.25) is 0 Å². The van der Waals surface area contributed by atoms with Crippen LogP contribution < -0.4 is 10.6 Å². The van der Waals surface area contributed by atoms with Crippen molar-refractivity contribution in [1.82, 2.24) is 25.3 Å². The minimum atomic E-state index is -0.532. The Bertz CT molecular complexity index is 1010. The van der Waals surface area contributed by atoms with Gasteiger partial charge in [0.2, 0.25) is 5.71 Å². The molecule has 0 radical (unpaired) electrons. The lowest BCUT2D eigenvalue weighted by molar-refractivity contribution is 0.0938. The van der Waals surface area contributed by atoms with Crippen LogP contribution in [0.5, 0.6) is 0 Å². The highest BCUT2D eigenvalue weighted by Crippen LogP contribution is 2.40. The van der Waals surface area contributed by atoms with Gasteiger partial charge in [0.25, 0.3) is 5.91 Å². The first-order valence-corrected chi connectivity index (χ1v) is 8.67. The molecule has 3 heterocycles. The van der Waals surface area contributed by atoms with Crippen molar-refractivity contribution < 1.29 is 13.6 Å². The Hall–Kier alpha value is -3.10. The van der Waals surface area contributed by atoms with Gasteiger partial charge in [0.15, 0.2) is 5.82 Å². The van der Waals surface area contributed by atoms with Crippen molar-refractivity contribution in [3.63, 3.8) is 0 Å². The predicted octanol–water partition coefficient (Wildman–Crippen LogP) is 2.92. The van der Waals surface area contributed by atoms with Gasteiger partial charge in [-0.25, -0.2) is 24.3 Å². The molecule has 4 rings (SSSR count). The lowest BCUT2D eigenvalue weighted by Crippen LogP contribution is -2.28. The number of nitrogens with one attached hydrogen (secondary N) is 2. The molecule has 1 atom stereocenters. The molecule has 1 aliphatic carbocycles. The van der Waals surface area contributed by atoms with Crippen molar-refractivity contribution in [2.45, 2.75) is 45.2 Å². The van der Waals surface area contributed by atoms with Gasteiger partial charge in [-0.15, -0.1) is 0 Å². The van der Waals surface area contributed by atoms with Gasteiger partial charge in [-0.1, -0.05) is 0 Å². The Morgan fingerprint density at radius 2 is 1.96 bits per heavy atom. The van der Waals surface area contributed by atoms with E-state index in [1.165, 1.54) is 6.33 Å².